The van der Waals surface area contributed by atoms with Gasteiger partial charge >= 0.3 is 0 Å². The molecule has 1 unspecified atom stereocenters. The van der Waals surface area contributed by atoms with Gasteiger partial charge < -0.3 is 14.8 Å². The molecule has 108 valence electrons. The Bertz CT molecular complexity index is 371. The summed E-state index contributed by atoms with van der Waals surface area (Å²) >= 11 is 6.23. The maximum Gasteiger partial charge on any atom is 0.120 e. The summed E-state index contributed by atoms with van der Waals surface area (Å²) in [6, 6.07) is 6.04. The summed E-state index contributed by atoms with van der Waals surface area (Å²) in [5, 5.41) is 3.90. The van der Waals surface area contributed by atoms with Crippen LogP contribution in [0.25, 0.3) is 0 Å². The average Bonchev–Trinajstić information content (AvgIpc) is 2.42. The van der Waals surface area contributed by atoms with Crippen LogP contribution >= 0.6 is 11.6 Å². The Hall–Kier alpha value is -0.770. The van der Waals surface area contributed by atoms with Crippen LogP contribution in [0.5, 0.6) is 5.75 Å². The quantitative estimate of drug-likeness (QED) is 0.700. The maximum atomic E-state index is 6.23. The molecule has 1 atom stereocenters. The second kappa shape index (κ2) is 9.18. The fourth-order valence-corrected chi connectivity index (χ4v) is 2.01. The topological polar surface area (TPSA) is 30.5 Å². The zero-order valence-corrected chi connectivity index (χ0v) is 12.8. The molecule has 3 nitrogen and oxygen atoms in total. The Morgan fingerprint density at radius 2 is 2.05 bits per heavy atom. The predicted octanol–water partition coefficient (Wildman–Crippen LogP) is 3.82. The molecule has 0 aromatic heterocycles. The smallest absolute Gasteiger partial charge is 0.120 e. The van der Waals surface area contributed by atoms with Crippen molar-refractivity contribution in [2.75, 3.05) is 26.9 Å². The van der Waals surface area contributed by atoms with Crippen molar-refractivity contribution >= 4 is 11.6 Å². The molecule has 1 rings (SSSR count). The van der Waals surface area contributed by atoms with Gasteiger partial charge in [-0.1, -0.05) is 31.0 Å². The van der Waals surface area contributed by atoms with Gasteiger partial charge in [0.05, 0.1) is 6.61 Å². The SMILES string of the molecule is CCCCOCCOc1ccc(C(C)NC)c(Cl)c1. The van der Waals surface area contributed by atoms with Gasteiger partial charge in [0.2, 0.25) is 0 Å². The molecule has 0 saturated carbocycles. The Morgan fingerprint density at radius 3 is 2.68 bits per heavy atom. The van der Waals surface area contributed by atoms with Crippen LogP contribution in [0.15, 0.2) is 18.2 Å². The van der Waals surface area contributed by atoms with Crippen LogP contribution in [-0.4, -0.2) is 26.9 Å². The van der Waals surface area contributed by atoms with Crippen molar-refractivity contribution in [2.45, 2.75) is 32.7 Å². The zero-order valence-electron chi connectivity index (χ0n) is 12.0. The normalized spacial score (nSPS) is 12.4. The van der Waals surface area contributed by atoms with Crippen molar-refractivity contribution in [3.8, 4) is 5.75 Å². The van der Waals surface area contributed by atoms with E-state index in [9.17, 15) is 0 Å². The van der Waals surface area contributed by atoms with Gasteiger partial charge in [-0.25, -0.2) is 0 Å². The summed E-state index contributed by atoms with van der Waals surface area (Å²) in [7, 11) is 1.92. The number of benzene rings is 1. The Kier molecular flexibility index (Phi) is 7.87. The first kappa shape index (κ1) is 16.3. The number of rotatable bonds is 9. The van der Waals surface area contributed by atoms with E-state index in [-0.39, 0.29) is 6.04 Å². The first-order valence-corrected chi connectivity index (χ1v) is 7.24. The molecule has 0 radical (unpaired) electrons. The molecule has 0 aliphatic carbocycles. The zero-order chi connectivity index (χ0) is 14.1. The summed E-state index contributed by atoms with van der Waals surface area (Å²) in [5.74, 6) is 0.788. The monoisotopic (exact) mass is 285 g/mol. The lowest BCUT2D eigenvalue weighted by Crippen LogP contribution is -2.13. The molecule has 0 amide bonds. The lowest BCUT2D eigenvalue weighted by atomic mass is 10.1. The van der Waals surface area contributed by atoms with E-state index < -0.39 is 0 Å². The lowest BCUT2D eigenvalue weighted by molar-refractivity contribution is 0.0980. The van der Waals surface area contributed by atoms with Crippen LogP contribution in [0.3, 0.4) is 0 Å². The number of nitrogens with one attached hydrogen (secondary N) is 1. The third-order valence-corrected chi connectivity index (χ3v) is 3.34. The fraction of sp³-hybridized carbons (Fsp3) is 0.600. The molecule has 0 aliphatic rings. The summed E-state index contributed by atoms with van der Waals surface area (Å²) in [6.45, 7) is 6.20. The first-order valence-electron chi connectivity index (χ1n) is 6.86. The molecule has 1 aromatic rings. The number of unbranched alkanes of at least 4 members (excludes halogenated alkanes) is 1. The number of halogens is 1. The predicted molar refractivity (Wildman–Crippen MR) is 80.1 cm³/mol. The molecule has 0 fully saturated rings. The highest BCUT2D eigenvalue weighted by molar-refractivity contribution is 6.31. The molecule has 0 saturated heterocycles. The van der Waals surface area contributed by atoms with Crippen LogP contribution in [0, 0.1) is 0 Å². The largest absolute Gasteiger partial charge is 0.491 e. The molecule has 0 spiro atoms. The van der Waals surface area contributed by atoms with Gasteiger partial charge in [-0.3, -0.25) is 0 Å². The summed E-state index contributed by atoms with van der Waals surface area (Å²) < 4.78 is 11.0. The second-order valence-electron chi connectivity index (χ2n) is 4.51. The molecule has 1 N–H and O–H groups in total. The third-order valence-electron chi connectivity index (χ3n) is 3.01. The lowest BCUT2D eigenvalue weighted by Gasteiger charge is -2.14. The van der Waals surface area contributed by atoms with Crippen LogP contribution in [0.4, 0.5) is 0 Å². The third kappa shape index (κ3) is 5.81. The highest BCUT2D eigenvalue weighted by atomic mass is 35.5. The first-order chi connectivity index (χ1) is 9.19. The highest BCUT2D eigenvalue weighted by Crippen LogP contribution is 2.27. The van der Waals surface area contributed by atoms with E-state index in [2.05, 4.69) is 19.2 Å². The van der Waals surface area contributed by atoms with E-state index in [0.717, 1.165) is 35.8 Å². The molecular formula is C15H24ClNO2. The summed E-state index contributed by atoms with van der Waals surface area (Å²) in [5.41, 5.74) is 1.08. The molecule has 0 heterocycles. The van der Waals surface area contributed by atoms with Gasteiger partial charge in [-0.05, 0) is 38.1 Å². The van der Waals surface area contributed by atoms with Crippen LogP contribution in [-0.2, 0) is 4.74 Å². The Labute approximate surface area is 121 Å². The number of hydrogen-bond donors (Lipinski definition) is 1. The summed E-state index contributed by atoms with van der Waals surface area (Å²) in [4.78, 5) is 0. The minimum absolute atomic E-state index is 0.235. The highest BCUT2D eigenvalue weighted by Gasteiger charge is 2.08. The Morgan fingerprint density at radius 1 is 1.26 bits per heavy atom. The van der Waals surface area contributed by atoms with Gasteiger partial charge in [0.1, 0.15) is 12.4 Å². The maximum absolute atomic E-state index is 6.23. The molecule has 19 heavy (non-hydrogen) atoms. The van der Waals surface area contributed by atoms with Crippen molar-refractivity contribution < 1.29 is 9.47 Å². The fourth-order valence-electron chi connectivity index (χ4n) is 1.67. The molecule has 0 aliphatic heterocycles. The van der Waals surface area contributed by atoms with Crippen LogP contribution in [0.2, 0.25) is 5.02 Å². The van der Waals surface area contributed by atoms with E-state index in [0.29, 0.717) is 13.2 Å². The second-order valence-corrected chi connectivity index (χ2v) is 4.92. The van der Waals surface area contributed by atoms with E-state index in [4.69, 9.17) is 21.1 Å². The number of ether oxygens (including phenoxy) is 2. The van der Waals surface area contributed by atoms with E-state index >= 15 is 0 Å². The van der Waals surface area contributed by atoms with Crippen molar-refractivity contribution in [1.29, 1.82) is 0 Å². The molecule has 4 heteroatoms. The standard InChI is InChI=1S/C15H24ClNO2/c1-4-5-8-18-9-10-19-13-6-7-14(12(2)17-3)15(16)11-13/h6-7,11-12,17H,4-5,8-10H2,1-3H3. The van der Waals surface area contributed by atoms with Gasteiger partial charge in [0.15, 0.2) is 0 Å². The van der Waals surface area contributed by atoms with E-state index in [1.54, 1.807) is 0 Å². The van der Waals surface area contributed by atoms with Crippen LogP contribution in [0.1, 0.15) is 38.3 Å². The minimum Gasteiger partial charge on any atom is -0.491 e. The van der Waals surface area contributed by atoms with E-state index in [1.165, 1.54) is 0 Å². The van der Waals surface area contributed by atoms with Crippen molar-refractivity contribution in [3.63, 3.8) is 0 Å². The minimum atomic E-state index is 0.235. The van der Waals surface area contributed by atoms with Crippen molar-refractivity contribution in [3.05, 3.63) is 28.8 Å². The van der Waals surface area contributed by atoms with Crippen LogP contribution < -0.4 is 10.1 Å². The van der Waals surface area contributed by atoms with Gasteiger partial charge in [0, 0.05) is 17.7 Å². The molecule has 0 bridgehead atoms. The van der Waals surface area contributed by atoms with Gasteiger partial charge in [-0.2, -0.15) is 0 Å². The van der Waals surface area contributed by atoms with Crippen molar-refractivity contribution in [2.24, 2.45) is 0 Å². The average molecular weight is 286 g/mol. The molecule has 1 aromatic carbocycles. The van der Waals surface area contributed by atoms with Crippen molar-refractivity contribution in [1.82, 2.24) is 5.32 Å². The van der Waals surface area contributed by atoms with Gasteiger partial charge in [-0.15, -0.1) is 0 Å². The van der Waals surface area contributed by atoms with E-state index in [1.807, 2.05) is 25.2 Å². The summed E-state index contributed by atoms with van der Waals surface area (Å²) in [6.07, 6.45) is 2.25. The Balaban J connectivity index is 2.37. The van der Waals surface area contributed by atoms with Gasteiger partial charge in [0.25, 0.3) is 0 Å². The number of hydrogen-bond acceptors (Lipinski definition) is 3. The molecular weight excluding hydrogens is 262 g/mol.